The molecule has 2 heterocycles. The quantitative estimate of drug-likeness (QED) is 0.788. The molecule has 2 rings (SSSR count). The number of aliphatic carboxylic acids is 1. The second-order valence-electron chi connectivity index (χ2n) is 5.00. The Morgan fingerprint density at radius 3 is 2.64 bits per heavy atom. The van der Waals surface area contributed by atoms with Crippen molar-refractivity contribution in [3.63, 3.8) is 0 Å². The molecule has 0 saturated carbocycles. The van der Waals surface area contributed by atoms with Gasteiger partial charge < -0.3 is 10.4 Å². The van der Waals surface area contributed by atoms with Crippen molar-refractivity contribution in [1.29, 1.82) is 0 Å². The first-order chi connectivity index (χ1) is 10.5. The maximum Gasteiger partial charge on any atom is 0.303 e. The minimum Gasteiger partial charge on any atom is -0.481 e. The van der Waals surface area contributed by atoms with Crippen LogP contribution >= 0.6 is 0 Å². The molecule has 2 N–H and O–H groups in total. The number of rotatable bonds is 6. The molecule has 0 aromatic carbocycles. The van der Waals surface area contributed by atoms with E-state index in [0.29, 0.717) is 24.3 Å². The first-order valence-corrected chi connectivity index (χ1v) is 6.97. The van der Waals surface area contributed by atoms with Crippen LogP contribution in [-0.2, 0) is 4.79 Å². The molecule has 116 valence electrons. The lowest BCUT2D eigenvalue weighted by molar-refractivity contribution is -0.137. The van der Waals surface area contributed by atoms with Crippen LogP contribution < -0.4 is 5.32 Å². The Bertz CT molecular complexity index is 677. The molecule has 7 heteroatoms. The van der Waals surface area contributed by atoms with E-state index >= 15 is 0 Å². The van der Waals surface area contributed by atoms with E-state index in [4.69, 9.17) is 5.11 Å². The molecule has 0 aliphatic carbocycles. The van der Waals surface area contributed by atoms with E-state index in [1.165, 1.54) is 6.20 Å². The van der Waals surface area contributed by atoms with Gasteiger partial charge in [-0.2, -0.15) is 5.10 Å². The van der Waals surface area contributed by atoms with Gasteiger partial charge in [-0.25, -0.2) is 9.67 Å². The zero-order valence-corrected chi connectivity index (χ0v) is 12.5. The first kappa shape index (κ1) is 15.7. The van der Waals surface area contributed by atoms with Crippen LogP contribution in [0.4, 0.5) is 0 Å². The SMILES string of the molecule is Cc1cc(C)n(-c2ccc(C(=O)NCCCC(=O)O)cn2)n1. The van der Waals surface area contributed by atoms with Gasteiger partial charge in [0.15, 0.2) is 5.82 Å². The van der Waals surface area contributed by atoms with E-state index in [-0.39, 0.29) is 12.3 Å². The fourth-order valence-electron chi connectivity index (χ4n) is 2.05. The highest BCUT2D eigenvalue weighted by molar-refractivity contribution is 5.93. The number of hydrogen-bond acceptors (Lipinski definition) is 4. The summed E-state index contributed by atoms with van der Waals surface area (Å²) in [5, 5.41) is 15.5. The highest BCUT2D eigenvalue weighted by Crippen LogP contribution is 2.10. The predicted octanol–water partition coefficient (Wildman–Crippen LogP) is 1.48. The number of carbonyl (C=O) groups excluding carboxylic acids is 1. The van der Waals surface area contributed by atoms with E-state index in [1.807, 2.05) is 19.9 Å². The molecule has 2 aromatic heterocycles. The van der Waals surface area contributed by atoms with Crippen LogP contribution in [0.2, 0.25) is 0 Å². The maximum absolute atomic E-state index is 11.9. The number of pyridine rings is 1. The lowest BCUT2D eigenvalue weighted by Gasteiger charge is -2.06. The summed E-state index contributed by atoms with van der Waals surface area (Å²) in [6, 6.07) is 5.35. The third-order valence-electron chi connectivity index (χ3n) is 3.09. The predicted molar refractivity (Wildman–Crippen MR) is 80.0 cm³/mol. The number of carboxylic acid groups (broad SMARTS) is 1. The molecular formula is C15H18N4O3. The summed E-state index contributed by atoms with van der Waals surface area (Å²) >= 11 is 0. The fourth-order valence-corrected chi connectivity index (χ4v) is 2.05. The summed E-state index contributed by atoms with van der Waals surface area (Å²) in [4.78, 5) is 26.5. The molecule has 0 radical (unpaired) electrons. The van der Waals surface area contributed by atoms with Crippen LogP contribution in [0.5, 0.6) is 0 Å². The van der Waals surface area contributed by atoms with Gasteiger partial charge in [0.05, 0.1) is 11.3 Å². The number of aromatic nitrogens is 3. The minimum atomic E-state index is -0.870. The molecule has 0 saturated heterocycles. The van der Waals surface area contributed by atoms with Gasteiger partial charge in [0.1, 0.15) is 0 Å². The van der Waals surface area contributed by atoms with Gasteiger partial charge in [-0.15, -0.1) is 0 Å². The van der Waals surface area contributed by atoms with E-state index in [2.05, 4.69) is 15.4 Å². The molecule has 0 atom stereocenters. The van der Waals surface area contributed by atoms with Gasteiger partial charge >= 0.3 is 5.97 Å². The number of amides is 1. The second-order valence-corrected chi connectivity index (χ2v) is 5.00. The van der Waals surface area contributed by atoms with Crippen LogP contribution in [0.1, 0.15) is 34.6 Å². The van der Waals surface area contributed by atoms with Crippen LogP contribution in [0.15, 0.2) is 24.4 Å². The lowest BCUT2D eigenvalue weighted by atomic mass is 10.2. The number of aryl methyl sites for hydroxylation is 2. The summed E-state index contributed by atoms with van der Waals surface area (Å²) in [5.74, 6) is -0.490. The Kier molecular flexibility index (Phi) is 4.88. The standard InChI is InChI=1S/C15H18N4O3/c1-10-8-11(2)19(18-10)13-6-5-12(9-17-13)15(22)16-7-3-4-14(20)21/h5-6,8-9H,3-4,7H2,1-2H3,(H,16,22)(H,20,21). The zero-order valence-electron chi connectivity index (χ0n) is 12.5. The van der Waals surface area contributed by atoms with E-state index in [9.17, 15) is 9.59 Å². The van der Waals surface area contributed by atoms with Crippen molar-refractivity contribution in [3.8, 4) is 5.82 Å². The molecule has 0 aliphatic rings. The number of carboxylic acids is 1. The van der Waals surface area contributed by atoms with E-state index in [0.717, 1.165) is 11.4 Å². The van der Waals surface area contributed by atoms with Crippen molar-refractivity contribution >= 4 is 11.9 Å². The second kappa shape index (κ2) is 6.84. The van der Waals surface area contributed by atoms with Gasteiger partial charge in [-0.1, -0.05) is 0 Å². The number of nitrogens with one attached hydrogen (secondary N) is 1. The van der Waals surface area contributed by atoms with Gasteiger partial charge in [0.2, 0.25) is 0 Å². The number of hydrogen-bond donors (Lipinski definition) is 2. The summed E-state index contributed by atoms with van der Waals surface area (Å²) in [6.45, 7) is 4.16. The molecule has 0 unspecified atom stereocenters. The normalized spacial score (nSPS) is 10.5. The highest BCUT2D eigenvalue weighted by Gasteiger charge is 2.08. The zero-order chi connectivity index (χ0) is 16.1. The molecule has 0 bridgehead atoms. The minimum absolute atomic E-state index is 0.0371. The third kappa shape index (κ3) is 3.91. The van der Waals surface area contributed by atoms with Crippen LogP contribution in [0.3, 0.4) is 0 Å². The Morgan fingerprint density at radius 2 is 2.09 bits per heavy atom. The summed E-state index contributed by atoms with van der Waals surface area (Å²) in [6.07, 6.45) is 1.92. The van der Waals surface area contributed by atoms with Crippen LogP contribution in [0.25, 0.3) is 5.82 Å². The van der Waals surface area contributed by atoms with Gasteiger partial charge in [0, 0.05) is 24.9 Å². The highest BCUT2D eigenvalue weighted by atomic mass is 16.4. The topological polar surface area (TPSA) is 97.1 Å². The Balaban J connectivity index is 1.98. The fraction of sp³-hybridized carbons (Fsp3) is 0.333. The smallest absolute Gasteiger partial charge is 0.303 e. The number of carbonyl (C=O) groups is 2. The van der Waals surface area contributed by atoms with Crippen molar-refractivity contribution in [2.75, 3.05) is 6.54 Å². The molecule has 1 amide bonds. The maximum atomic E-state index is 11.9. The van der Waals surface area contributed by atoms with Crippen molar-refractivity contribution in [1.82, 2.24) is 20.1 Å². The third-order valence-corrected chi connectivity index (χ3v) is 3.09. The largest absolute Gasteiger partial charge is 0.481 e. The molecule has 0 aliphatic heterocycles. The Morgan fingerprint density at radius 1 is 1.32 bits per heavy atom. The van der Waals surface area contributed by atoms with Crippen molar-refractivity contribution in [2.45, 2.75) is 26.7 Å². The number of nitrogens with zero attached hydrogens (tertiary/aromatic N) is 3. The van der Waals surface area contributed by atoms with E-state index < -0.39 is 5.97 Å². The Hall–Kier alpha value is -2.70. The van der Waals surface area contributed by atoms with Crippen LogP contribution in [0, 0.1) is 13.8 Å². The molecule has 0 spiro atoms. The van der Waals surface area contributed by atoms with Gasteiger partial charge in [0.25, 0.3) is 5.91 Å². The first-order valence-electron chi connectivity index (χ1n) is 6.97. The average Bonchev–Trinajstić information content (AvgIpc) is 2.82. The van der Waals surface area contributed by atoms with Crippen molar-refractivity contribution in [2.24, 2.45) is 0 Å². The van der Waals surface area contributed by atoms with Crippen LogP contribution in [-0.4, -0.2) is 38.3 Å². The monoisotopic (exact) mass is 302 g/mol. The van der Waals surface area contributed by atoms with E-state index in [1.54, 1.807) is 16.8 Å². The van der Waals surface area contributed by atoms with Crippen molar-refractivity contribution < 1.29 is 14.7 Å². The average molecular weight is 302 g/mol. The molecule has 22 heavy (non-hydrogen) atoms. The van der Waals surface area contributed by atoms with Gasteiger partial charge in [-0.05, 0) is 38.5 Å². The summed E-state index contributed by atoms with van der Waals surface area (Å²) < 4.78 is 1.71. The molecule has 2 aromatic rings. The summed E-state index contributed by atoms with van der Waals surface area (Å²) in [5.41, 5.74) is 2.30. The Labute approximate surface area is 128 Å². The molecule has 7 nitrogen and oxygen atoms in total. The molecular weight excluding hydrogens is 284 g/mol. The van der Waals surface area contributed by atoms with Gasteiger partial charge in [-0.3, -0.25) is 9.59 Å². The van der Waals surface area contributed by atoms with Crippen molar-refractivity contribution in [3.05, 3.63) is 41.3 Å². The lowest BCUT2D eigenvalue weighted by Crippen LogP contribution is -2.25. The summed E-state index contributed by atoms with van der Waals surface area (Å²) in [7, 11) is 0. The molecule has 0 fully saturated rings.